The summed E-state index contributed by atoms with van der Waals surface area (Å²) in [5.74, 6) is 1.32. The summed E-state index contributed by atoms with van der Waals surface area (Å²) in [4.78, 5) is 22.2. The summed E-state index contributed by atoms with van der Waals surface area (Å²) in [6, 6.07) is 0. The van der Waals surface area contributed by atoms with Gasteiger partial charge in [0.1, 0.15) is 0 Å². The first kappa shape index (κ1) is 26.7. The number of aliphatic hydroxyl groups excluding tert-OH is 1. The third-order valence-corrected chi connectivity index (χ3v) is 3.30. The standard InChI is InChI=1S/C11H19NO3.C6H14.C2H6/c1-4-9(14)5-6-10(15)12-11(2,3)7-8-13;1-5(2)6(3)4;1-2/h5-6,13H,4,7-8H2,1-3H3,(H,12,15);5-6H,1-4H3;1-2H3/b6-5+;;. The number of ketones is 1. The van der Waals surface area contributed by atoms with Crippen LogP contribution in [0.2, 0.25) is 0 Å². The van der Waals surface area contributed by atoms with Crippen LogP contribution < -0.4 is 5.32 Å². The molecule has 0 bridgehead atoms. The molecular formula is C19H39NO3. The van der Waals surface area contributed by atoms with Crippen LogP contribution in [0, 0.1) is 11.8 Å². The van der Waals surface area contributed by atoms with Crippen molar-refractivity contribution in [2.45, 2.75) is 80.7 Å². The molecule has 0 aliphatic rings. The van der Waals surface area contributed by atoms with Gasteiger partial charge in [-0.1, -0.05) is 48.5 Å². The molecule has 4 heteroatoms. The first-order valence-electron chi connectivity index (χ1n) is 8.69. The van der Waals surface area contributed by atoms with E-state index in [0.717, 1.165) is 11.8 Å². The molecule has 0 heterocycles. The average Bonchev–Trinajstić information content (AvgIpc) is 2.46. The Balaban J connectivity index is -0.000000418. The average molecular weight is 330 g/mol. The molecule has 0 spiro atoms. The van der Waals surface area contributed by atoms with Crippen LogP contribution in [0.3, 0.4) is 0 Å². The van der Waals surface area contributed by atoms with Crippen molar-refractivity contribution in [3.63, 3.8) is 0 Å². The van der Waals surface area contributed by atoms with E-state index in [1.54, 1.807) is 6.92 Å². The first-order valence-corrected chi connectivity index (χ1v) is 8.69. The molecule has 0 rings (SSSR count). The van der Waals surface area contributed by atoms with E-state index in [1.807, 2.05) is 27.7 Å². The third kappa shape index (κ3) is 20.8. The molecule has 0 aliphatic heterocycles. The maximum absolute atomic E-state index is 11.3. The molecule has 1 amide bonds. The maximum Gasteiger partial charge on any atom is 0.244 e. The van der Waals surface area contributed by atoms with E-state index >= 15 is 0 Å². The molecule has 0 aromatic carbocycles. The highest BCUT2D eigenvalue weighted by Crippen LogP contribution is 2.07. The third-order valence-electron chi connectivity index (χ3n) is 3.30. The Hall–Kier alpha value is -1.16. The van der Waals surface area contributed by atoms with Gasteiger partial charge in [-0.15, -0.1) is 0 Å². The Bertz CT molecular complexity index is 326. The summed E-state index contributed by atoms with van der Waals surface area (Å²) in [6.07, 6.45) is 3.37. The van der Waals surface area contributed by atoms with E-state index in [4.69, 9.17) is 5.11 Å². The quantitative estimate of drug-likeness (QED) is 0.690. The molecule has 138 valence electrons. The van der Waals surface area contributed by atoms with E-state index in [1.165, 1.54) is 12.2 Å². The van der Waals surface area contributed by atoms with Crippen LogP contribution in [-0.4, -0.2) is 28.9 Å². The van der Waals surface area contributed by atoms with Gasteiger partial charge in [0.15, 0.2) is 5.78 Å². The number of hydrogen-bond donors (Lipinski definition) is 2. The van der Waals surface area contributed by atoms with Gasteiger partial charge in [-0.2, -0.15) is 0 Å². The fourth-order valence-corrected chi connectivity index (χ4v) is 1.00. The minimum atomic E-state index is -0.453. The second-order valence-corrected chi connectivity index (χ2v) is 6.49. The molecular weight excluding hydrogens is 290 g/mol. The topological polar surface area (TPSA) is 66.4 Å². The van der Waals surface area contributed by atoms with Crippen LogP contribution in [0.4, 0.5) is 0 Å². The molecule has 0 saturated heterocycles. The Morgan fingerprint density at radius 1 is 1.04 bits per heavy atom. The summed E-state index contributed by atoms with van der Waals surface area (Å²) in [5.41, 5.74) is -0.453. The van der Waals surface area contributed by atoms with Gasteiger partial charge in [0, 0.05) is 24.6 Å². The minimum absolute atomic E-state index is 0.0187. The largest absolute Gasteiger partial charge is 0.396 e. The van der Waals surface area contributed by atoms with Crippen molar-refractivity contribution in [2.75, 3.05) is 6.61 Å². The summed E-state index contributed by atoms with van der Waals surface area (Å²) in [5, 5.41) is 11.4. The number of carbonyl (C=O) groups is 2. The van der Waals surface area contributed by atoms with E-state index in [-0.39, 0.29) is 18.3 Å². The number of carbonyl (C=O) groups excluding carboxylic acids is 2. The molecule has 0 radical (unpaired) electrons. The Morgan fingerprint density at radius 2 is 1.48 bits per heavy atom. The number of rotatable bonds is 7. The Kier molecular flexibility index (Phi) is 18.3. The van der Waals surface area contributed by atoms with Crippen LogP contribution in [0.1, 0.15) is 75.2 Å². The molecule has 0 unspecified atom stereocenters. The number of hydrogen-bond acceptors (Lipinski definition) is 3. The lowest BCUT2D eigenvalue weighted by Gasteiger charge is -2.24. The van der Waals surface area contributed by atoms with Crippen molar-refractivity contribution in [3.05, 3.63) is 12.2 Å². The zero-order chi connectivity index (χ0) is 19.1. The lowest BCUT2D eigenvalue weighted by molar-refractivity contribution is -0.119. The second-order valence-electron chi connectivity index (χ2n) is 6.49. The number of aliphatic hydroxyl groups is 1. The van der Waals surface area contributed by atoms with Crippen LogP contribution in [-0.2, 0) is 9.59 Å². The lowest BCUT2D eigenvalue weighted by Crippen LogP contribution is -2.43. The van der Waals surface area contributed by atoms with Crippen molar-refractivity contribution in [1.82, 2.24) is 5.32 Å². The SMILES string of the molecule is CC.CC(C)C(C)C.CCC(=O)/C=C/C(=O)NC(C)(C)CCO. The monoisotopic (exact) mass is 329 g/mol. The minimum Gasteiger partial charge on any atom is -0.396 e. The van der Waals surface area contributed by atoms with Gasteiger partial charge in [-0.05, 0) is 38.2 Å². The van der Waals surface area contributed by atoms with E-state index < -0.39 is 5.54 Å². The van der Waals surface area contributed by atoms with E-state index in [2.05, 4.69) is 33.0 Å². The summed E-state index contributed by atoms with van der Waals surface area (Å²) in [7, 11) is 0. The smallest absolute Gasteiger partial charge is 0.244 e. The fraction of sp³-hybridized carbons (Fsp3) is 0.789. The fourth-order valence-electron chi connectivity index (χ4n) is 1.00. The van der Waals surface area contributed by atoms with Crippen LogP contribution in [0.5, 0.6) is 0 Å². The van der Waals surface area contributed by atoms with Crippen molar-refractivity contribution in [3.8, 4) is 0 Å². The van der Waals surface area contributed by atoms with E-state index in [9.17, 15) is 9.59 Å². The Labute approximate surface area is 143 Å². The molecule has 0 aliphatic carbocycles. The lowest BCUT2D eigenvalue weighted by atomic mass is 10.0. The molecule has 4 nitrogen and oxygen atoms in total. The number of allylic oxidation sites excluding steroid dienone is 1. The number of amides is 1. The van der Waals surface area contributed by atoms with Crippen molar-refractivity contribution < 1.29 is 14.7 Å². The predicted molar refractivity (Wildman–Crippen MR) is 99.4 cm³/mol. The Morgan fingerprint density at radius 3 is 1.78 bits per heavy atom. The summed E-state index contributed by atoms with van der Waals surface area (Å²) >= 11 is 0. The van der Waals surface area contributed by atoms with Crippen LogP contribution in [0.25, 0.3) is 0 Å². The molecule has 0 fully saturated rings. The first-order chi connectivity index (χ1) is 10.6. The molecule has 2 N–H and O–H groups in total. The zero-order valence-electron chi connectivity index (χ0n) is 16.7. The van der Waals surface area contributed by atoms with Gasteiger partial charge < -0.3 is 10.4 Å². The van der Waals surface area contributed by atoms with Gasteiger partial charge in [-0.25, -0.2) is 0 Å². The van der Waals surface area contributed by atoms with Gasteiger partial charge in [-0.3, -0.25) is 9.59 Å². The highest BCUT2D eigenvalue weighted by Gasteiger charge is 2.18. The molecule has 23 heavy (non-hydrogen) atoms. The summed E-state index contributed by atoms with van der Waals surface area (Å²) in [6.45, 7) is 18.4. The van der Waals surface area contributed by atoms with E-state index in [0.29, 0.717) is 12.8 Å². The van der Waals surface area contributed by atoms with Gasteiger partial charge >= 0.3 is 0 Å². The normalized spacial score (nSPS) is 10.8. The second kappa shape index (κ2) is 15.7. The molecule has 0 atom stereocenters. The highest BCUT2D eigenvalue weighted by molar-refractivity contribution is 5.97. The van der Waals surface area contributed by atoms with Gasteiger partial charge in [0.2, 0.25) is 5.91 Å². The van der Waals surface area contributed by atoms with Crippen molar-refractivity contribution >= 4 is 11.7 Å². The van der Waals surface area contributed by atoms with Crippen molar-refractivity contribution in [1.29, 1.82) is 0 Å². The zero-order valence-corrected chi connectivity index (χ0v) is 16.7. The maximum atomic E-state index is 11.3. The predicted octanol–water partition coefficient (Wildman–Crippen LogP) is 4.12. The highest BCUT2D eigenvalue weighted by atomic mass is 16.3. The molecule has 0 aromatic rings. The van der Waals surface area contributed by atoms with Crippen LogP contribution in [0.15, 0.2) is 12.2 Å². The number of nitrogens with one attached hydrogen (secondary N) is 1. The van der Waals surface area contributed by atoms with Crippen molar-refractivity contribution in [2.24, 2.45) is 11.8 Å². The van der Waals surface area contributed by atoms with Gasteiger partial charge in [0.05, 0.1) is 0 Å². The van der Waals surface area contributed by atoms with Gasteiger partial charge in [0.25, 0.3) is 0 Å². The molecule has 0 saturated carbocycles. The molecule has 0 aromatic heterocycles. The van der Waals surface area contributed by atoms with Crippen LogP contribution >= 0.6 is 0 Å². The summed E-state index contributed by atoms with van der Waals surface area (Å²) < 4.78 is 0.